The highest BCUT2D eigenvalue weighted by Crippen LogP contribution is 2.47. The van der Waals surface area contributed by atoms with Crippen molar-refractivity contribution in [2.75, 3.05) is 26.2 Å². The Labute approximate surface area is 132 Å². The van der Waals surface area contributed by atoms with Gasteiger partial charge in [-0.2, -0.15) is 0 Å². The van der Waals surface area contributed by atoms with Gasteiger partial charge in [0.25, 0.3) is 10.5 Å². The lowest BCUT2D eigenvalue weighted by atomic mass is 10.1. The Morgan fingerprint density at radius 1 is 0.810 bits per heavy atom. The van der Waals surface area contributed by atoms with Crippen LogP contribution < -0.4 is 0 Å². The van der Waals surface area contributed by atoms with Gasteiger partial charge in [-0.1, -0.05) is 58.3 Å². The van der Waals surface area contributed by atoms with Crippen LogP contribution in [0, 0.1) is 0 Å². The lowest BCUT2D eigenvalue weighted by Gasteiger charge is -2.10. The topological polar surface area (TPSA) is 57.2 Å². The summed E-state index contributed by atoms with van der Waals surface area (Å²) in [5.74, 6) is 0. The van der Waals surface area contributed by atoms with Gasteiger partial charge in [-0.05, 0) is 12.8 Å². The lowest BCUT2D eigenvalue weighted by molar-refractivity contribution is 0.417. The molecule has 3 nitrogen and oxygen atoms in total. The van der Waals surface area contributed by atoms with E-state index in [0.29, 0.717) is 0 Å². The smallest absolute Gasteiger partial charge is 0.255 e. The number of hydrogen-bond donors (Lipinski definition) is 0. The quantitative estimate of drug-likeness (QED) is 0.223. The minimum absolute atomic E-state index is 0.490. The van der Waals surface area contributed by atoms with E-state index in [-0.39, 0.29) is 0 Å². The number of halogens is 1. The van der Waals surface area contributed by atoms with Crippen LogP contribution in [0.25, 0.3) is 0 Å². The van der Waals surface area contributed by atoms with Crippen molar-refractivity contribution in [2.24, 2.45) is 0 Å². The largest absolute Gasteiger partial charge is 0.722 e. The van der Waals surface area contributed by atoms with Crippen LogP contribution in [0.5, 0.6) is 0 Å². The maximum atomic E-state index is 10.1. The maximum Gasteiger partial charge on any atom is 0.255 e. The summed E-state index contributed by atoms with van der Waals surface area (Å²) < 4.78 is 35.3. The predicted molar refractivity (Wildman–Crippen MR) is 92.2 cm³/mol. The molecule has 0 saturated heterocycles. The Morgan fingerprint density at radius 2 is 1.10 bits per heavy atom. The van der Waals surface area contributed by atoms with E-state index < -0.39 is 17.8 Å². The van der Waals surface area contributed by atoms with Crippen molar-refractivity contribution in [2.45, 2.75) is 71.1 Å². The second-order valence-corrected chi connectivity index (χ2v) is 12.4. The molecular formula is C15H34FO3PS. The molecule has 0 aromatic heterocycles. The van der Waals surface area contributed by atoms with E-state index in [1.165, 1.54) is 70.4 Å². The number of hydrogen-bond acceptors (Lipinski definition) is 3. The Morgan fingerprint density at radius 3 is 1.38 bits per heavy atom. The molecule has 0 N–H and O–H groups in total. The average Bonchev–Trinajstić information content (AvgIpc) is 2.28. The second kappa shape index (κ2) is 13.9. The van der Waals surface area contributed by atoms with Crippen LogP contribution in [-0.4, -0.2) is 39.1 Å². The van der Waals surface area contributed by atoms with Crippen molar-refractivity contribution in [1.29, 1.82) is 0 Å². The summed E-state index contributed by atoms with van der Waals surface area (Å²) >= 11 is 0. The zero-order valence-corrected chi connectivity index (χ0v) is 15.9. The molecule has 0 rings (SSSR count). The molecule has 0 atom stereocenters. The molecule has 0 unspecified atom stereocenters. The SMILES string of the molecule is CCCCCCCCCCCC[P+](C)(C)C.O=S(=O)([O-])F. The summed E-state index contributed by atoms with van der Waals surface area (Å²) in [6, 6.07) is 0. The Kier molecular flexibility index (Phi) is 15.6. The molecule has 130 valence electrons. The zero-order chi connectivity index (χ0) is 16.8. The highest BCUT2D eigenvalue weighted by molar-refractivity contribution is 7.80. The van der Waals surface area contributed by atoms with Crippen molar-refractivity contribution in [3.05, 3.63) is 0 Å². The third-order valence-electron chi connectivity index (χ3n) is 3.18. The van der Waals surface area contributed by atoms with Gasteiger partial charge in [0.2, 0.25) is 0 Å². The molecule has 0 heterocycles. The molecule has 0 bridgehead atoms. The van der Waals surface area contributed by atoms with Gasteiger partial charge >= 0.3 is 0 Å². The average molecular weight is 344 g/mol. The maximum absolute atomic E-state index is 10.1. The number of unbranched alkanes of at least 4 members (excludes halogenated alkanes) is 9. The van der Waals surface area contributed by atoms with Crippen LogP contribution in [0.4, 0.5) is 3.89 Å². The fourth-order valence-corrected chi connectivity index (χ4v) is 3.25. The van der Waals surface area contributed by atoms with Gasteiger partial charge in [-0.3, -0.25) is 0 Å². The van der Waals surface area contributed by atoms with E-state index >= 15 is 0 Å². The monoisotopic (exact) mass is 344 g/mol. The molecule has 21 heavy (non-hydrogen) atoms. The van der Waals surface area contributed by atoms with Gasteiger partial charge in [0, 0.05) is 27.3 Å². The minimum Gasteiger partial charge on any atom is -0.722 e. The third-order valence-corrected chi connectivity index (χ3v) is 4.84. The van der Waals surface area contributed by atoms with E-state index in [1.807, 2.05) is 0 Å². The van der Waals surface area contributed by atoms with Crippen LogP contribution in [0.1, 0.15) is 71.1 Å². The summed E-state index contributed by atoms with van der Waals surface area (Å²) in [5, 5.41) is 0. The molecule has 0 aromatic rings. The fraction of sp³-hybridized carbons (Fsp3) is 1.00. The predicted octanol–water partition coefficient (Wildman–Crippen LogP) is 5.23. The van der Waals surface area contributed by atoms with Gasteiger partial charge in [0.15, 0.2) is 0 Å². The second-order valence-electron chi connectivity index (χ2n) is 6.59. The van der Waals surface area contributed by atoms with Crippen molar-refractivity contribution in [1.82, 2.24) is 0 Å². The van der Waals surface area contributed by atoms with Gasteiger partial charge in [0.05, 0.1) is 6.16 Å². The third kappa shape index (κ3) is 38.4. The van der Waals surface area contributed by atoms with Crippen LogP contribution in [0.15, 0.2) is 0 Å². The molecule has 0 spiro atoms. The Hall–Kier alpha value is 0.270. The lowest BCUT2D eigenvalue weighted by Crippen LogP contribution is -1.92. The minimum atomic E-state index is -5.42. The van der Waals surface area contributed by atoms with Crippen molar-refractivity contribution in [3.8, 4) is 0 Å². The highest BCUT2D eigenvalue weighted by atomic mass is 32.3. The first-order valence-electron chi connectivity index (χ1n) is 8.02. The molecule has 0 aromatic carbocycles. The first-order chi connectivity index (χ1) is 9.56. The molecule has 6 heteroatoms. The standard InChI is InChI=1S/C15H34P.FHO3S/c1-5-6-7-8-9-10-11-12-13-14-15-16(2,3)4;1-5(2,3)4/h5-15H2,1-4H3;(H,2,3,4)/q+1;/p-1. The first-order valence-corrected chi connectivity index (χ1v) is 12.6. The zero-order valence-electron chi connectivity index (χ0n) is 14.2. The van der Waals surface area contributed by atoms with Gasteiger partial charge in [0.1, 0.15) is 0 Å². The molecular weight excluding hydrogens is 310 g/mol. The summed E-state index contributed by atoms with van der Waals surface area (Å²) in [6.07, 6.45) is 16.1. The molecule has 0 fully saturated rings. The van der Waals surface area contributed by atoms with Crippen LogP contribution in [0.2, 0.25) is 0 Å². The van der Waals surface area contributed by atoms with E-state index in [1.54, 1.807) is 0 Å². The van der Waals surface area contributed by atoms with Crippen LogP contribution in [-0.2, 0) is 10.5 Å². The summed E-state index contributed by atoms with van der Waals surface area (Å²) in [6.45, 7) is 9.67. The van der Waals surface area contributed by atoms with Crippen molar-refractivity contribution < 1.29 is 16.9 Å². The van der Waals surface area contributed by atoms with E-state index in [9.17, 15) is 3.89 Å². The summed E-state index contributed by atoms with van der Waals surface area (Å²) in [4.78, 5) is 0. The van der Waals surface area contributed by atoms with E-state index in [0.717, 1.165) is 0 Å². The molecule has 0 aliphatic heterocycles. The number of rotatable bonds is 11. The fourth-order valence-electron chi connectivity index (χ4n) is 2.07. The van der Waals surface area contributed by atoms with Gasteiger partial charge < -0.3 is 4.55 Å². The molecule has 0 amide bonds. The normalized spacial score (nSPS) is 11.9. The summed E-state index contributed by atoms with van der Waals surface area (Å²) in [5.41, 5.74) is 0. The molecule has 0 aliphatic rings. The van der Waals surface area contributed by atoms with Crippen LogP contribution in [0.3, 0.4) is 0 Å². The van der Waals surface area contributed by atoms with E-state index in [2.05, 4.69) is 26.9 Å². The highest BCUT2D eigenvalue weighted by Gasteiger charge is 2.15. The molecule has 0 saturated carbocycles. The van der Waals surface area contributed by atoms with Gasteiger partial charge in [-0.25, -0.2) is 8.42 Å². The van der Waals surface area contributed by atoms with Crippen molar-refractivity contribution in [3.63, 3.8) is 0 Å². The summed E-state index contributed by atoms with van der Waals surface area (Å²) in [7, 11) is -5.91. The Balaban J connectivity index is 0. The van der Waals surface area contributed by atoms with Gasteiger partial charge in [-0.15, -0.1) is 3.89 Å². The molecule has 0 radical (unpaired) electrons. The molecule has 0 aliphatic carbocycles. The van der Waals surface area contributed by atoms with E-state index in [4.69, 9.17) is 13.0 Å². The Bertz CT molecular complexity index is 305. The van der Waals surface area contributed by atoms with Crippen LogP contribution >= 0.6 is 7.26 Å². The van der Waals surface area contributed by atoms with Crippen molar-refractivity contribution >= 4 is 17.8 Å². The first kappa shape index (κ1) is 23.5.